The molecule has 0 saturated carbocycles. The Hall–Kier alpha value is -0.900. The van der Waals surface area contributed by atoms with Crippen LogP contribution in [-0.4, -0.2) is 19.9 Å². The van der Waals surface area contributed by atoms with Crippen LogP contribution in [0.15, 0.2) is 6.33 Å². The first-order chi connectivity index (χ1) is 5.13. The van der Waals surface area contributed by atoms with E-state index in [-0.39, 0.29) is 6.04 Å². The van der Waals surface area contributed by atoms with Crippen molar-refractivity contribution < 1.29 is 5.11 Å². The van der Waals surface area contributed by atoms with E-state index >= 15 is 0 Å². The second-order valence-electron chi connectivity index (χ2n) is 2.83. The molecule has 0 fully saturated rings. The van der Waals surface area contributed by atoms with Gasteiger partial charge in [0.2, 0.25) is 0 Å². The van der Waals surface area contributed by atoms with Crippen LogP contribution in [0.25, 0.3) is 0 Å². The Morgan fingerprint density at radius 1 is 1.45 bits per heavy atom. The SMILES string of the molecule is CC(O)c1ncnn1C(C)C. The first-order valence-corrected chi connectivity index (χ1v) is 3.70. The maximum absolute atomic E-state index is 9.22. The molecule has 1 atom stereocenters. The van der Waals surface area contributed by atoms with Gasteiger partial charge in [0.15, 0.2) is 5.82 Å². The fourth-order valence-corrected chi connectivity index (χ4v) is 0.956. The Bertz CT molecular complexity index is 207. The topological polar surface area (TPSA) is 50.9 Å². The lowest BCUT2D eigenvalue weighted by Gasteiger charge is -2.10. The number of nitrogens with zero attached hydrogens (tertiary/aromatic N) is 3. The molecule has 0 amide bonds. The van der Waals surface area contributed by atoms with Crippen LogP contribution >= 0.6 is 0 Å². The van der Waals surface area contributed by atoms with E-state index < -0.39 is 6.10 Å². The Morgan fingerprint density at radius 2 is 2.09 bits per heavy atom. The van der Waals surface area contributed by atoms with Gasteiger partial charge in [0.1, 0.15) is 12.4 Å². The summed E-state index contributed by atoms with van der Waals surface area (Å²) in [6.45, 7) is 5.68. The second kappa shape index (κ2) is 3.00. The number of rotatable bonds is 2. The summed E-state index contributed by atoms with van der Waals surface area (Å²) in [6, 6.07) is 0.252. The van der Waals surface area contributed by atoms with Crippen LogP contribution in [0.3, 0.4) is 0 Å². The van der Waals surface area contributed by atoms with Crippen molar-refractivity contribution in [2.24, 2.45) is 0 Å². The van der Waals surface area contributed by atoms with Crippen molar-refractivity contribution in [1.82, 2.24) is 14.8 Å². The Kier molecular flexibility index (Phi) is 2.24. The number of aromatic nitrogens is 3. The average Bonchev–Trinajstić information content (AvgIpc) is 2.32. The van der Waals surface area contributed by atoms with Crippen molar-refractivity contribution in [3.8, 4) is 0 Å². The van der Waals surface area contributed by atoms with Crippen LogP contribution < -0.4 is 0 Å². The standard InChI is InChI=1S/C7H13N3O/c1-5(2)10-7(6(3)11)8-4-9-10/h4-6,11H,1-3H3. The largest absolute Gasteiger partial charge is 0.385 e. The smallest absolute Gasteiger partial charge is 0.155 e. The molecule has 0 radical (unpaired) electrons. The summed E-state index contributed by atoms with van der Waals surface area (Å²) in [5.41, 5.74) is 0. The summed E-state index contributed by atoms with van der Waals surface area (Å²) in [5, 5.41) is 13.2. The molecule has 0 aliphatic rings. The molecule has 1 aromatic rings. The van der Waals surface area contributed by atoms with E-state index in [0.29, 0.717) is 5.82 Å². The van der Waals surface area contributed by atoms with E-state index in [1.807, 2.05) is 13.8 Å². The highest BCUT2D eigenvalue weighted by Crippen LogP contribution is 2.11. The maximum atomic E-state index is 9.22. The first-order valence-electron chi connectivity index (χ1n) is 3.70. The molecule has 1 heterocycles. The molecule has 4 nitrogen and oxygen atoms in total. The maximum Gasteiger partial charge on any atom is 0.155 e. The molecule has 0 spiro atoms. The lowest BCUT2D eigenvalue weighted by molar-refractivity contribution is 0.179. The zero-order valence-corrected chi connectivity index (χ0v) is 7.02. The van der Waals surface area contributed by atoms with Crippen LogP contribution in [-0.2, 0) is 0 Å². The van der Waals surface area contributed by atoms with Gasteiger partial charge >= 0.3 is 0 Å². The van der Waals surface area contributed by atoms with Crippen molar-refractivity contribution in [2.75, 3.05) is 0 Å². The molecule has 0 aliphatic heterocycles. The second-order valence-corrected chi connectivity index (χ2v) is 2.83. The molecule has 1 aromatic heterocycles. The molecule has 0 aliphatic carbocycles. The van der Waals surface area contributed by atoms with Gasteiger partial charge in [-0.2, -0.15) is 5.10 Å². The van der Waals surface area contributed by atoms with Gasteiger partial charge in [-0.25, -0.2) is 9.67 Å². The van der Waals surface area contributed by atoms with Gasteiger partial charge in [0.05, 0.1) is 0 Å². The summed E-state index contributed by atoms with van der Waals surface area (Å²) >= 11 is 0. The molecule has 0 bridgehead atoms. The van der Waals surface area contributed by atoms with Crippen LogP contribution in [0.5, 0.6) is 0 Å². The molecule has 0 aromatic carbocycles. The van der Waals surface area contributed by atoms with E-state index in [2.05, 4.69) is 10.1 Å². The van der Waals surface area contributed by atoms with Crippen molar-refractivity contribution >= 4 is 0 Å². The van der Waals surface area contributed by atoms with E-state index in [9.17, 15) is 5.11 Å². The van der Waals surface area contributed by atoms with Crippen LogP contribution in [0.2, 0.25) is 0 Å². The molecule has 1 rings (SSSR count). The van der Waals surface area contributed by atoms with E-state index in [0.717, 1.165) is 0 Å². The molecule has 1 N–H and O–H groups in total. The molecule has 0 saturated heterocycles. The predicted molar refractivity (Wildman–Crippen MR) is 41.0 cm³/mol. The fourth-order valence-electron chi connectivity index (χ4n) is 0.956. The van der Waals surface area contributed by atoms with Crippen molar-refractivity contribution in [1.29, 1.82) is 0 Å². The lowest BCUT2D eigenvalue weighted by Crippen LogP contribution is -2.10. The summed E-state index contributed by atoms with van der Waals surface area (Å²) in [6.07, 6.45) is 0.919. The minimum atomic E-state index is -0.542. The van der Waals surface area contributed by atoms with Crippen molar-refractivity contribution in [2.45, 2.75) is 32.9 Å². The van der Waals surface area contributed by atoms with Crippen LogP contribution in [0.1, 0.15) is 38.7 Å². The van der Waals surface area contributed by atoms with Gasteiger partial charge in [-0.3, -0.25) is 0 Å². The van der Waals surface area contributed by atoms with E-state index in [1.54, 1.807) is 11.6 Å². The fraction of sp³-hybridized carbons (Fsp3) is 0.714. The third-order valence-electron chi connectivity index (χ3n) is 1.46. The molecule has 1 unspecified atom stereocenters. The van der Waals surface area contributed by atoms with Gasteiger partial charge in [-0.1, -0.05) is 0 Å². The van der Waals surface area contributed by atoms with Gasteiger partial charge in [0, 0.05) is 6.04 Å². The normalized spacial score (nSPS) is 13.9. The molecule has 4 heteroatoms. The number of aliphatic hydroxyl groups excluding tert-OH is 1. The van der Waals surface area contributed by atoms with Gasteiger partial charge in [-0.15, -0.1) is 0 Å². The highest BCUT2D eigenvalue weighted by atomic mass is 16.3. The Morgan fingerprint density at radius 3 is 2.45 bits per heavy atom. The van der Waals surface area contributed by atoms with Gasteiger partial charge < -0.3 is 5.11 Å². The van der Waals surface area contributed by atoms with Crippen molar-refractivity contribution in [3.63, 3.8) is 0 Å². The minimum Gasteiger partial charge on any atom is -0.385 e. The number of aliphatic hydroxyl groups is 1. The highest BCUT2D eigenvalue weighted by molar-refractivity contribution is 4.89. The summed E-state index contributed by atoms with van der Waals surface area (Å²) in [4.78, 5) is 3.94. The third-order valence-corrected chi connectivity index (χ3v) is 1.46. The molecule has 62 valence electrons. The average molecular weight is 155 g/mol. The van der Waals surface area contributed by atoms with Gasteiger partial charge in [0.25, 0.3) is 0 Å². The van der Waals surface area contributed by atoms with E-state index in [4.69, 9.17) is 0 Å². The molecular weight excluding hydrogens is 142 g/mol. The molecular formula is C7H13N3O. The minimum absolute atomic E-state index is 0.252. The monoisotopic (exact) mass is 155 g/mol. The summed E-state index contributed by atoms with van der Waals surface area (Å²) < 4.78 is 1.71. The van der Waals surface area contributed by atoms with Gasteiger partial charge in [-0.05, 0) is 20.8 Å². The predicted octanol–water partition coefficient (Wildman–Crippen LogP) is 0.912. The Labute approximate surface area is 65.9 Å². The Balaban J connectivity index is 2.96. The summed E-state index contributed by atoms with van der Waals surface area (Å²) in [7, 11) is 0. The zero-order chi connectivity index (χ0) is 8.43. The number of hydrogen-bond donors (Lipinski definition) is 1. The quantitative estimate of drug-likeness (QED) is 0.690. The number of hydrogen-bond acceptors (Lipinski definition) is 3. The van der Waals surface area contributed by atoms with Crippen molar-refractivity contribution in [3.05, 3.63) is 12.2 Å². The van der Waals surface area contributed by atoms with Crippen LogP contribution in [0.4, 0.5) is 0 Å². The van der Waals surface area contributed by atoms with E-state index in [1.165, 1.54) is 6.33 Å². The zero-order valence-electron chi connectivity index (χ0n) is 7.02. The lowest BCUT2D eigenvalue weighted by atomic mass is 10.3. The van der Waals surface area contributed by atoms with Crippen LogP contribution in [0, 0.1) is 0 Å². The highest BCUT2D eigenvalue weighted by Gasteiger charge is 2.11. The third kappa shape index (κ3) is 1.57. The summed E-state index contributed by atoms with van der Waals surface area (Å²) in [5.74, 6) is 0.625. The first kappa shape index (κ1) is 8.20. The molecule has 11 heavy (non-hydrogen) atoms.